The van der Waals surface area contributed by atoms with Crippen molar-refractivity contribution < 1.29 is 5.11 Å². The molecule has 0 radical (unpaired) electrons. The molecule has 1 aromatic carbocycles. The zero-order valence-corrected chi connectivity index (χ0v) is 11.4. The predicted molar refractivity (Wildman–Crippen MR) is 72.9 cm³/mol. The first-order chi connectivity index (χ1) is 7.16. The third kappa shape index (κ3) is 4.29. The fourth-order valence-electron chi connectivity index (χ4n) is 1.50. The molecule has 5 N–H and O–H groups in total. The molecule has 0 spiro atoms. The van der Waals surface area contributed by atoms with E-state index in [0.29, 0.717) is 11.0 Å². The molecule has 0 bridgehead atoms. The van der Waals surface area contributed by atoms with Gasteiger partial charge in [-0.25, -0.2) is 0 Å². The number of phenols is 1. The fourth-order valence-corrected chi connectivity index (χ4v) is 1.88. The molecule has 3 nitrogen and oxygen atoms in total. The van der Waals surface area contributed by atoms with Gasteiger partial charge in [0.15, 0.2) is 0 Å². The molecule has 92 valence electrons. The van der Waals surface area contributed by atoms with E-state index in [1.807, 2.05) is 12.1 Å². The minimum Gasteiger partial charge on any atom is -0.506 e. The molecule has 0 saturated carbocycles. The molecule has 0 unspecified atom stereocenters. The first-order valence-electron chi connectivity index (χ1n) is 5.10. The first-order valence-corrected chi connectivity index (χ1v) is 5.89. The van der Waals surface area contributed by atoms with E-state index >= 15 is 0 Å². The topological polar surface area (TPSA) is 72.3 Å². The number of benzene rings is 1. The molecule has 0 aliphatic heterocycles. The van der Waals surface area contributed by atoms with Crippen LogP contribution >= 0.6 is 28.3 Å². The molecule has 0 fully saturated rings. The van der Waals surface area contributed by atoms with E-state index in [2.05, 4.69) is 15.9 Å². The van der Waals surface area contributed by atoms with Crippen molar-refractivity contribution in [1.29, 1.82) is 0 Å². The zero-order chi connectivity index (χ0) is 11.3. The summed E-state index contributed by atoms with van der Waals surface area (Å²) in [5, 5.41) is 9.77. The van der Waals surface area contributed by atoms with Gasteiger partial charge >= 0.3 is 0 Å². The van der Waals surface area contributed by atoms with Gasteiger partial charge in [0.05, 0.1) is 4.47 Å². The van der Waals surface area contributed by atoms with Crippen LogP contribution in [0.2, 0.25) is 0 Å². The predicted octanol–water partition coefficient (Wildman–Crippen LogP) is 2.71. The van der Waals surface area contributed by atoms with Crippen LogP contribution in [0.15, 0.2) is 22.7 Å². The Balaban J connectivity index is 0.00000225. The molecular formula is C11H18BrClN2O. The van der Waals surface area contributed by atoms with Crippen molar-refractivity contribution in [3.63, 3.8) is 0 Å². The van der Waals surface area contributed by atoms with Crippen molar-refractivity contribution in [2.75, 3.05) is 6.54 Å². The zero-order valence-electron chi connectivity index (χ0n) is 9.03. The summed E-state index contributed by atoms with van der Waals surface area (Å²) in [6.07, 6.45) is 2.81. The molecule has 1 aromatic rings. The lowest BCUT2D eigenvalue weighted by Gasteiger charge is -2.14. The number of nitrogens with two attached hydrogens (primary N) is 2. The van der Waals surface area contributed by atoms with Crippen LogP contribution in [-0.4, -0.2) is 11.7 Å². The summed E-state index contributed by atoms with van der Waals surface area (Å²) in [5.41, 5.74) is 12.2. The fraction of sp³-hybridized carbons (Fsp3) is 0.455. The highest BCUT2D eigenvalue weighted by Gasteiger charge is 2.11. The van der Waals surface area contributed by atoms with Crippen LogP contribution in [0.3, 0.4) is 0 Å². The van der Waals surface area contributed by atoms with Gasteiger partial charge in [0.2, 0.25) is 0 Å². The minimum absolute atomic E-state index is 0. The Morgan fingerprint density at radius 1 is 1.31 bits per heavy atom. The molecule has 0 saturated heterocycles. The molecule has 5 heteroatoms. The third-order valence-electron chi connectivity index (χ3n) is 2.39. The number of para-hydroxylation sites is 1. The Hall–Kier alpha value is -0.290. The van der Waals surface area contributed by atoms with Gasteiger partial charge in [-0.3, -0.25) is 0 Å². The first kappa shape index (κ1) is 15.7. The van der Waals surface area contributed by atoms with Gasteiger partial charge in [0.25, 0.3) is 0 Å². The lowest BCUT2D eigenvalue weighted by atomic mass is 10.0. The Morgan fingerprint density at radius 2 is 2.00 bits per heavy atom. The third-order valence-corrected chi connectivity index (χ3v) is 3.03. The van der Waals surface area contributed by atoms with Crippen molar-refractivity contribution in [1.82, 2.24) is 0 Å². The van der Waals surface area contributed by atoms with Crippen LogP contribution in [0.4, 0.5) is 0 Å². The smallest absolute Gasteiger partial charge is 0.134 e. The average molecular weight is 310 g/mol. The van der Waals surface area contributed by atoms with Crippen LogP contribution in [0.1, 0.15) is 30.9 Å². The summed E-state index contributed by atoms with van der Waals surface area (Å²) < 4.78 is 0.689. The molecule has 16 heavy (non-hydrogen) atoms. The minimum atomic E-state index is -0.117. The highest BCUT2D eigenvalue weighted by molar-refractivity contribution is 9.10. The van der Waals surface area contributed by atoms with Gasteiger partial charge in [-0.2, -0.15) is 0 Å². The van der Waals surface area contributed by atoms with Gasteiger partial charge in [-0.15, -0.1) is 12.4 Å². The number of halogens is 2. The molecule has 1 atom stereocenters. The van der Waals surface area contributed by atoms with Crippen molar-refractivity contribution in [2.24, 2.45) is 11.5 Å². The monoisotopic (exact) mass is 308 g/mol. The standard InChI is InChI=1S/C11H17BrN2O.ClH/c12-9-5-3-4-8(11(9)15)10(14)6-1-2-7-13;/h3-5,10,15H,1-2,6-7,13-14H2;1H/t10-;/m1./s1. The van der Waals surface area contributed by atoms with Crippen molar-refractivity contribution in [3.05, 3.63) is 28.2 Å². The summed E-state index contributed by atoms with van der Waals surface area (Å²) in [6, 6.07) is 5.41. The molecule has 0 aromatic heterocycles. The van der Waals surface area contributed by atoms with Crippen LogP contribution in [0.5, 0.6) is 5.75 Å². The van der Waals surface area contributed by atoms with Crippen LogP contribution in [0.25, 0.3) is 0 Å². The van der Waals surface area contributed by atoms with Crippen molar-refractivity contribution in [2.45, 2.75) is 25.3 Å². The van der Waals surface area contributed by atoms with Gasteiger partial charge < -0.3 is 16.6 Å². The maximum Gasteiger partial charge on any atom is 0.134 e. The number of rotatable bonds is 5. The van der Waals surface area contributed by atoms with Gasteiger partial charge in [-0.1, -0.05) is 18.6 Å². The largest absolute Gasteiger partial charge is 0.506 e. The maximum absolute atomic E-state index is 9.77. The summed E-state index contributed by atoms with van der Waals surface area (Å²) in [7, 11) is 0. The molecule has 0 heterocycles. The summed E-state index contributed by atoms with van der Waals surface area (Å²) in [5.74, 6) is 0.248. The quantitative estimate of drug-likeness (QED) is 0.732. The van der Waals surface area contributed by atoms with E-state index in [1.54, 1.807) is 6.07 Å². The van der Waals surface area contributed by atoms with Crippen molar-refractivity contribution in [3.8, 4) is 5.75 Å². The van der Waals surface area contributed by atoms with Gasteiger partial charge in [-0.05, 0) is 41.4 Å². The molecule has 0 amide bonds. The highest BCUT2D eigenvalue weighted by atomic mass is 79.9. The van der Waals surface area contributed by atoms with Gasteiger partial charge in [0, 0.05) is 11.6 Å². The number of aromatic hydroxyl groups is 1. The number of hydrogen-bond donors (Lipinski definition) is 3. The normalized spacial score (nSPS) is 11.9. The highest BCUT2D eigenvalue weighted by Crippen LogP contribution is 2.32. The van der Waals surface area contributed by atoms with E-state index in [9.17, 15) is 5.11 Å². The van der Waals surface area contributed by atoms with E-state index in [1.165, 1.54) is 0 Å². The maximum atomic E-state index is 9.77. The second-order valence-electron chi connectivity index (χ2n) is 3.57. The summed E-state index contributed by atoms with van der Waals surface area (Å²) in [6.45, 7) is 0.692. The van der Waals surface area contributed by atoms with E-state index in [-0.39, 0.29) is 24.2 Å². The summed E-state index contributed by atoms with van der Waals surface area (Å²) >= 11 is 3.27. The molecule has 0 aliphatic rings. The number of unbranched alkanes of at least 4 members (excludes halogenated alkanes) is 1. The molecule has 1 rings (SSSR count). The lowest BCUT2D eigenvalue weighted by molar-refractivity contribution is 0.453. The Labute approximate surface area is 111 Å². The van der Waals surface area contributed by atoms with E-state index in [4.69, 9.17) is 11.5 Å². The number of phenolic OH excluding ortho intramolecular Hbond substituents is 1. The Kier molecular flexibility index (Phi) is 7.76. The molecule has 0 aliphatic carbocycles. The second-order valence-corrected chi connectivity index (χ2v) is 4.42. The Morgan fingerprint density at radius 3 is 2.62 bits per heavy atom. The van der Waals surface area contributed by atoms with Crippen LogP contribution in [0, 0.1) is 0 Å². The number of hydrogen-bond acceptors (Lipinski definition) is 3. The van der Waals surface area contributed by atoms with E-state index in [0.717, 1.165) is 24.8 Å². The van der Waals surface area contributed by atoms with Crippen LogP contribution < -0.4 is 11.5 Å². The Bertz CT molecular complexity index is 323. The van der Waals surface area contributed by atoms with Gasteiger partial charge in [0.1, 0.15) is 5.75 Å². The lowest BCUT2D eigenvalue weighted by Crippen LogP contribution is -2.11. The molecular weight excluding hydrogens is 291 g/mol. The van der Waals surface area contributed by atoms with Crippen LogP contribution in [-0.2, 0) is 0 Å². The average Bonchev–Trinajstić information content (AvgIpc) is 2.22. The second kappa shape index (κ2) is 7.90. The summed E-state index contributed by atoms with van der Waals surface area (Å²) in [4.78, 5) is 0. The SMILES string of the molecule is Cl.NCCCC[C@@H](N)c1cccc(Br)c1O. The van der Waals surface area contributed by atoms with E-state index < -0.39 is 0 Å². The van der Waals surface area contributed by atoms with Crippen molar-refractivity contribution >= 4 is 28.3 Å².